The van der Waals surface area contributed by atoms with Crippen molar-refractivity contribution in [2.75, 3.05) is 37.7 Å². The van der Waals surface area contributed by atoms with Gasteiger partial charge in [-0.1, -0.05) is 0 Å². The molecule has 0 bridgehead atoms. The van der Waals surface area contributed by atoms with E-state index in [2.05, 4.69) is 28.4 Å². The number of rotatable bonds is 5. The fraction of sp³-hybridized carbons (Fsp3) is 0.500. The van der Waals surface area contributed by atoms with Gasteiger partial charge in [0.05, 0.1) is 12.7 Å². The fourth-order valence-corrected chi connectivity index (χ4v) is 2.02. The number of hydrogen-bond donors (Lipinski definition) is 1. The Balaban J connectivity index is 1.83. The highest BCUT2D eigenvalue weighted by atomic mass is 16.5. The van der Waals surface area contributed by atoms with Crippen LogP contribution >= 0.6 is 0 Å². The monoisotopic (exact) mass is 245 g/mol. The molecule has 4 nitrogen and oxygen atoms in total. The number of ether oxygens (including phenoxy) is 1. The molecular formula is C14H19N3O. The minimum Gasteiger partial charge on any atom is -0.494 e. The van der Waals surface area contributed by atoms with Crippen LogP contribution in [0.25, 0.3) is 0 Å². The van der Waals surface area contributed by atoms with Crippen LogP contribution in [-0.2, 0) is 0 Å². The first-order chi connectivity index (χ1) is 8.90. The molecule has 0 radical (unpaired) electrons. The normalized spacial score (nSPS) is 15.2. The zero-order valence-corrected chi connectivity index (χ0v) is 10.6. The van der Waals surface area contributed by atoms with Gasteiger partial charge in [0.25, 0.3) is 0 Å². The third-order valence-corrected chi connectivity index (χ3v) is 3.02. The van der Waals surface area contributed by atoms with Gasteiger partial charge in [-0.25, -0.2) is 0 Å². The van der Waals surface area contributed by atoms with E-state index in [4.69, 9.17) is 10.00 Å². The van der Waals surface area contributed by atoms with E-state index in [-0.39, 0.29) is 0 Å². The lowest BCUT2D eigenvalue weighted by Crippen LogP contribution is -2.43. The average molecular weight is 245 g/mol. The lowest BCUT2D eigenvalue weighted by molar-refractivity contribution is 0.312. The Morgan fingerprint density at radius 1 is 1.22 bits per heavy atom. The predicted molar refractivity (Wildman–Crippen MR) is 71.9 cm³/mol. The third-order valence-electron chi connectivity index (χ3n) is 3.02. The summed E-state index contributed by atoms with van der Waals surface area (Å²) in [5.41, 5.74) is 1.25. The average Bonchev–Trinajstić information content (AvgIpc) is 2.45. The van der Waals surface area contributed by atoms with Crippen LogP contribution in [-0.4, -0.2) is 32.8 Å². The van der Waals surface area contributed by atoms with E-state index in [1.165, 1.54) is 5.69 Å². The summed E-state index contributed by atoms with van der Waals surface area (Å²) in [6, 6.07) is 10.3. The van der Waals surface area contributed by atoms with Crippen LogP contribution < -0.4 is 15.0 Å². The zero-order chi connectivity index (χ0) is 12.6. The molecular weight excluding hydrogens is 226 g/mol. The minimum absolute atomic E-state index is 0.554. The Hall–Kier alpha value is -1.73. The first-order valence-corrected chi connectivity index (χ1v) is 6.45. The number of anilines is 1. The van der Waals surface area contributed by atoms with Crippen molar-refractivity contribution in [2.24, 2.45) is 0 Å². The summed E-state index contributed by atoms with van der Waals surface area (Å²) in [5.74, 6) is 0.881. The summed E-state index contributed by atoms with van der Waals surface area (Å²) in [6.45, 7) is 4.82. The maximum absolute atomic E-state index is 8.43. The molecule has 4 heteroatoms. The van der Waals surface area contributed by atoms with E-state index in [0.717, 1.165) is 38.3 Å². The molecule has 1 aromatic carbocycles. The smallest absolute Gasteiger partial charge is 0.119 e. The van der Waals surface area contributed by atoms with Crippen LogP contribution in [0.2, 0.25) is 0 Å². The first kappa shape index (κ1) is 12.7. The maximum atomic E-state index is 8.43. The van der Waals surface area contributed by atoms with Gasteiger partial charge in [-0.15, -0.1) is 0 Å². The topological polar surface area (TPSA) is 48.3 Å². The molecule has 1 aliphatic rings. The molecule has 0 amide bonds. The molecule has 0 saturated carbocycles. The molecule has 1 aliphatic heterocycles. The Labute approximate surface area is 108 Å². The fourth-order valence-electron chi connectivity index (χ4n) is 2.02. The first-order valence-electron chi connectivity index (χ1n) is 6.45. The Morgan fingerprint density at radius 3 is 2.61 bits per heavy atom. The zero-order valence-electron chi connectivity index (χ0n) is 10.6. The summed E-state index contributed by atoms with van der Waals surface area (Å²) >= 11 is 0. The van der Waals surface area contributed by atoms with E-state index in [1.54, 1.807) is 0 Å². The Morgan fingerprint density at radius 2 is 1.94 bits per heavy atom. The summed E-state index contributed by atoms with van der Waals surface area (Å²) in [5, 5.41) is 11.8. The standard InChI is InChI=1S/C14H19N3O/c15-7-1-2-12-18-14-5-3-13(4-6-14)17-10-8-16-9-11-17/h3-6,16H,1-2,8-12H2. The number of unbranched alkanes of at least 4 members (excludes halogenated alkanes) is 1. The van der Waals surface area contributed by atoms with Crippen molar-refractivity contribution in [1.82, 2.24) is 5.32 Å². The maximum Gasteiger partial charge on any atom is 0.119 e. The molecule has 1 aromatic rings. The van der Waals surface area contributed by atoms with Gasteiger partial charge < -0.3 is 15.0 Å². The second-order valence-electron chi connectivity index (χ2n) is 4.34. The Bertz CT molecular complexity index is 390. The van der Waals surface area contributed by atoms with Crippen LogP contribution in [0.15, 0.2) is 24.3 Å². The van der Waals surface area contributed by atoms with Crippen LogP contribution in [0.5, 0.6) is 5.75 Å². The largest absolute Gasteiger partial charge is 0.494 e. The van der Waals surface area contributed by atoms with Gasteiger partial charge in [-0.2, -0.15) is 5.26 Å². The summed E-state index contributed by atoms with van der Waals surface area (Å²) in [7, 11) is 0. The molecule has 0 spiro atoms. The van der Waals surface area contributed by atoms with E-state index >= 15 is 0 Å². The molecule has 0 aliphatic carbocycles. The van der Waals surface area contributed by atoms with Gasteiger partial charge in [-0.3, -0.25) is 0 Å². The van der Waals surface area contributed by atoms with Gasteiger partial charge >= 0.3 is 0 Å². The molecule has 0 aromatic heterocycles. The van der Waals surface area contributed by atoms with Crippen LogP contribution in [0.1, 0.15) is 12.8 Å². The van der Waals surface area contributed by atoms with Gasteiger partial charge in [0.1, 0.15) is 5.75 Å². The van der Waals surface area contributed by atoms with Gasteiger partial charge in [0.15, 0.2) is 0 Å². The second kappa shape index (κ2) is 6.87. The molecule has 0 unspecified atom stereocenters. The number of nitrogens with zero attached hydrogens (tertiary/aromatic N) is 2. The summed E-state index contributed by atoms with van der Waals surface area (Å²) in [6.07, 6.45) is 1.34. The van der Waals surface area contributed by atoms with E-state index in [0.29, 0.717) is 13.0 Å². The number of nitrogens with one attached hydrogen (secondary N) is 1. The number of nitriles is 1. The van der Waals surface area contributed by atoms with Crippen LogP contribution in [0.3, 0.4) is 0 Å². The van der Waals surface area contributed by atoms with Crippen molar-refractivity contribution in [3.8, 4) is 11.8 Å². The Kier molecular flexibility index (Phi) is 4.86. The lowest BCUT2D eigenvalue weighted by atomic mass is 10.2. The highest BCUT2D eigenvalue weighted by molar-refractivity contribution is 5.49. The molecule has 1 N–H and O–H groups in total. The van der Waals surface area contributed by atoms with Gasteiger partial charge in [0, 0.05) is 38.3 Å². The summed E-state index contributed by atoms with van der Waals surface area (Å²) in [4.78, 5) is 2.37. The van der Waals surface area contributed by atoms with Crippen molar-refractivity contribution in [3.05, 3.63) is 24.3 Å². The SMILES string of the molecule is N#CCCCOc1ccc(N2CCNCC2)cc1. The van der Waals surface area contributed by atoms with Gasteiger partial charge in [0.2, 0.25) is 0 Å². The molecule has 0 atom stereocenters. The van der Waals surface area contributed by atoms with Crippen LogP contribution in [0.4, 0.5) is 5.69 Å². The quantitative estimate of drug-likeness (QED) is 0.803. The van der Waals surface area contributed by atoms with Crippen molar-refractivity contribution < 1.29 is 4.74 Å². The highest BCUT2D eigenvalue weighted by Crippen LogP contribution is 2.19. The van der Waals surface area contributed by atoms with E-state index in [9.17, 15) is 0 Å². The van der Waals surface area contributed by atoms with Crippen molar-refractivity contribution in [2.45, 2.75) is 12.8 Å². The number of piperazine rings is 1. The predicted octanol–water partition coefficient (Wildman–Crippen LogP) is 1.78. The minimum atomic E-state index is 0.554. The second-order valence-corrected chi connectivity index (χ2v) is 4.34. The number of benzene rings is 1. The van der Waals surface area contributed by atoms with E-state index in [1.807, 2.05) is 12.1 Å². The third kappa shape index (κ3) is 3.64. The van der Waals surface area contributed by atoms with Gasteiger partial charge in [-0.05, 0) is 30.7 Å². The van der Waals surface area contributed by atoms with Crippen molar-refractivity contribution in [1.29, 1.82) is 5.26 Å². The van der Waals surface area contributed by atoms with Crippen LogP contribution in [0, 0.1) is 11.3 Å². The highest BCUT2D eigenvalue weighted by Gasteiger charge is 2.09. The molecule has 2 rings (SSSR count). The number of hydrogen-bond acceptors (Lipinski definition) is 4. The molecule has 1 fully saturated rings. The van der Waals surface area contributed by atoms with Crippen molar-refractivity contribution >= 4 is 5.69 Å². The van der Waals surface area contributed by atoms with Crippen molar-refractivity contribution in [3.63, 3.8) is 0 Å². The summed E-state index contributed by atoms with van der Waals surface area (Å²) < 4.78 is 5.57. The molecule has 18 heavy (non-hydrogen) atoms. The lowest BCUT2D eigenvalue weighted by Gasteiger charge is -2.29. The molecule has 1 heterocycles. The molecule has 96 valence electrons. The van der Waals surface area contributed by atoms with E-state index < -0.39 is 0 Å². The molecule has 1 saturated heterocycles.